The normalized spacial score (nSPS) is 14.7. The van der Waals surface area contributed by atoms with Crippen LogP contribution in [0.4, 0.5) is 5.69 Å². The van der Waals surface area contributed by atoms with Crippen molar-refractivity contribution in [1.29, 1.82) is 5.26 Å². The van der Waals surface area contributed by atoms with Crippen LogP contribution in [0, 0.1) is 11.3 Å². The summed E-state index contributed by atoms with van der Waals surface area (Å²) in [7, 11) is 0. The second-order valence-electron chi connectivity index (χ2n) is 7.87. The Morgan fingerprint density at radius 1 is 0.879 bits per heavy atom. The SMILES string of the molecule is N#C/C(=C/Nc1ccc(Cl)cc1)C(=O)N1CCN(C(c2ccccc2)c2ccccc2)CC1. The molecule has 0 saturated carbocycles. The lowest BCUT2D eigenvalue weighted by molar-refractivity contribution is -0.128. The fraction of sp³-hybridized carbons (Fsp3) is 0.185. The molecular formula is C27H25ClN4O. The molecule has 6 heteroatoms. The summed E-state index contributed by atoms with van der Waals surface area (Å²) in [5, 5.41) is 13.2. The predicted molar refractivity (Wildman–Crippen MR) is 132 cm³/mol. The van der Waals surface area contributed by atoms with Gasteiger partial charge in [0.15, 0.2) is 0 Å². The van der Waals surface area contributed by atoms with Crippen molar-refractivity contribution in [3.63, 3.8) is 0 Å². The van der Waals surface area contributed by atoms with Crippen molar-refractivity contribution in [2.75, 3.05) is 31.5 Å². The Morgan fingerprint density at radius 2 is 1.42 bits per heavy atom. The molecule has 0 aliphatic carbocycles. The number of hydrogen-bond acceptors (Lipinski definition) is 4. The molecular weight excluding hydrogens is 432 g/mol. The van der Waals surface area contributed by atoms with E-state index in [4.69, 9.17) is 11.6 Å². The van der Waals surface area contributed by atoms with Gasteiger partial charge in [0.25, 0.3) is 5.91 Å². The number of hydrogen-bond donors (Lipinski definition) is 1. The van der Waals surface area contributed by atoms with E-state index in [1.54, 1.807) is 29.2 Å². The first-order chi connectivity index (χ1) is 16.2. The van der Waals surface area contributed by atoms with Crippen LogP contribution in [0.1, 0.15) is 17.2 Å². The van der Waals surface area contributed by atoms with Crippen molar-refractivity contribution in [3.8, 4) is 6.07 Å². The first kappa shape index (κ1) is 22.6. The third-order valence-electron chi connectivity index (χ3n) is 5.78. The minimum atomic E-state index is -0.255. The zero-order valence-corrected chi connectivity index (χ0v) is 18.9. The number of nitrogens with one attached hydrogen (secondary N) is 1. The van der Waals surface area contributed by atoms with Crippen molar-refractivity contribution in [2.45, 2.75) is 6.04 Å². The number of nitriles is 1. The highest BCUT2D eigenvalue weighted by atomic mass is 35.5. The van der Waals surface area contributed by atoms with E-state index in [1.807, 2.05) is 18.2 Å². The number of halogens is 1. The summed E-state index contributed by atoms with van der Waals surface area (Å²) in [6.45, 7) is 2.58. The van der Waals surface area contributed by atoms with Gasteiger partial charge < -0.3 is 10.2 Å². The van der Waals surface area contributed by atoms with Crippen molar-refractivity contribution < 1.29 is 4.79 Å². The molecule has 1 aliphatic rings. The molecule has 1 aliphatic heterocycles. The molecule has 33 heavy (non-hydrogen) atoms. The Labute approximate surface area is 199 Å². The molecule has 3 aromatic rings. The van der Waals surface area contributed by atoms with E-state index in [2.05, 4.69) is 58.7 Å². The summed E-state index contributed by atoms with van der Waals surface area (Å²) in [5.74, 6) is -0.255. The van der Waals surface area contributed by atoms with Crippen LogP contribution in [0.3, 0.4) is 0 Å². The maximum atomic E-state index is 13.0. The van der Waals surface area contributed by atoms with E-state index in [0.717, 1.165) is 18.8 Å². The Morgan fingerprint density at radius 3 is 1.94 bits per heavy atom. The molecule has 4 rings (SSSR count). The Kier molecular flexibility index (Phi) is 7.41. The van der Waals surface area contributed by atoms with Crippen molar-refractivity contribution in [3.05, 3.63) is 113 Å². The number of piperazine rings is 1. The molecule has 5 nitrogen and oxygen atoms in total. The number of nitrogens with zero attached hydrogens (tertiary/aromatic N) is 3. The molecule has 166 valence electrons. The van der Waals surface area contributed by atoms with Crippen LogP contribution in [0.15, 0.2) is 96.7 Å². The van der Waals surface area contributed by atoms with Gasteiger partial charge in [0.05, 0.1) is 6.04 Å². The third kappa shape index (κ3) is 5.61. The smallest absolute Gasteiger partial charge is 0.266 e. The van der Waals surface area contributed by atoms with Gasteiger partial charge in [-0.25, -0.2) is 0 Å². The Balaban J connectivity index is 1.44. The summed E-state index contributed by atoms with van der Waals surface area (Å²) in [6.07, 6.45) is 1.47. The number of anilines is 1. The predicted octanol–water partition coefficient (Wildman–Crippen LogP) is 5.09. The number of benzene rings is 3. The number of amides is 1. The van der Waals surface area contributed by atoms with Crippen LogP contribution >= 0.6 is 11.6 Å². The van der Waals surface area contributed by atoms with Crippen molar-refractivity contribution >= 4 is 23.2 Å². The molecule has 0 spiro atoms. The number of carbonyl (C=O) groups is 1. The highest BCUT2D eigenvalue weighted by Crippen LogP contribution is 2.29. The van der Waals surface area contributed by atoms with Crippen LogP contribution < -0.4 is 5.32 Å². The van der Waals surface area contributed by atoms with Gasteiger partial charge >= 0.3 is 0 Å². The van der Waals surface area contributed by atoms with Gasteiger partial charge in [0.2, 0.25) is 0 Å². The molecule has 0 unspecified atom stereocenters. The Bertz CT molecular complexity index is 1090. The van der Waals surface area contributed by atoms with Gasteiger partial charge in [-0.1, -0.05) is 72.3 Å². The first-order valence-corrected chi connectivity index (χ1v) is 11.3. The van der Waals surface area contributed by atoms with Crippen LogP contribution in [-0.2, 0) is 4.79 Å². The zero-order valence-electron chi connectivity index (χ0n) is 18.2. The fourth-order valence-corrected chi connectivity index (χ4v) is 4.21. The molecule has 1 heterocycles. The van der Waals surface area contributed by atoms with Crippen molar-refractivity contribution in [1.82, 2.24) is 9.80 Å². The van der Waals surface area contributed by atoms with Crippen LogP contribution in [0.2, 0.25) is 5.02 Å². The quantitative estimate of drug-likeness (QED) is 0.414. The van der Waals surface area contributed by atoms with Gasteiger partial charge in [-0.2, -0.15) is 5.26 Å². The highest BCUT2D eigenvalue weighted by Gasteiger charge is 2.29. The van der Waals surface area contributed by atoms with E-state index >= 15 is 0 Å². The minimum Gasteiger partial charge on any atom is -0.360 e. The van der Waals surface area contributed by atoms with Gasteiger partial charge in [-0.15, -0.1) is 0 Å². The molecule has 0 bridgehead atoms. The minimum absolute atomic E-state index is 0.0843. The highest BCUT2D eigenvalue weighted by molar-refractivity contribution is 6.30. The average molecular weight is 457 g/mol. The molecule has 0 atom stereocenters. The molecule has 1 fully saturated rings. The van der Waals surface area contributed by atoms with E-state index in [-0.39, 0.29) is 17.5 Å². The second kappa shape index (κ2) is 10.8. The lowest BCUT2D eigenvalue weighted by Gasteiger charge is -2.39. The molecule has 0 radical (unpaired) electrons. The zero-order chi connectivity index (χ0) is 23.0. The lowest BCUT2D eigenvalue weighted by atomic mass is 9.96. The molecule has 1 amide bonds. The maximum absolute atomic E-state index is 13.0. The van der Waals surface area contributed by atoms with E-state index in [0.29, 0.717) is 18.1 Å². The summed E-state index contributed by atoms with van der Waals surface area (Å²) in [4.78, 5) is 17.1. The molecule has 3 aromatic carbocycles. The van der Waals surface area contributed by atoms with Gasteiger partial charge in [0.1, 0.15) is 11.6 Å². The number of rotatable bonds is 6. The summed E-state index contributed by atoms with van der Waals surface area (Å²) in [6, 6.07) is 30.1. The summed E-state index contributed by atoms with van der Waals surface area (Å²) < 4.78 is 0. The van der Waals surface area contributed by atoms with E-state index in [9.17, 15) is 10.1 Å². The maximum Gasteiger partial charge on any atom is 0.266 e. The fourth-order valence-electron chi connectivity index (χ4n) is 4.08. The lowest BCUT2D eigenvalue weighted by Crippen LogP contribution is -2.50. The van der Waals surface area contributed by atoms with Gasteiger partial charge in [0, 0.05) is 43.1 Å². The van der Waals surface area contributed by atoms with Crippen LogP contribution in [0.5, 0.6) is 0 Å². The largest absolute Gasteiger partial charge is 0.360 e. The van der Waals surface area contributed by atoms with Gasteiger partial charge in [-0.3, -0.25) is 9.69 Å². The van der Waals surface area contributed by atoms with Crippen molar-refractivity contribution in [2.24, 2.45) is 0 Å². The topological polar surface area (TPSA) is 59.4 Å². The Hall–Kier alpha value is -3.59. The summed E-state index contributed by atoms with van der Waals surface area (Å²) >= 11 is 5.91. The number of carbonyl (C=O) groups excluding carboxylic acids is 1. The monoisotopic (exact) mass is 456 g/mol. The molecule has 0 aromatic heterocycles. The molecule has 1 N–H and O–H groups in total. The van der Waals surface area contributed by atoms with Crippen LogP contribution in [0.25, 0.3) is 0 Å². The third-order valence-corrected chi connectivity index (χ3v) is 6.03. The van der Waals surface area contributed by atoms with E-state index in [1.165, 1.54) is 17.3 Å². The second-order valence-corrected chi connectivity index (χ2v) is 8.31. The first-order valence-electron chi connectivity index (χ1n) is 10.9. The van der Waals surface area contributed by atoms with Gasteiger partial charge in [-0.05, 0) is 35.4 Å². The van der Waals surface area contributed by atoms with E-state index < -0.39 is 0 Å². The molecule has 1 saturated heterocycles. The summed E-state index contributed by atoms with van der Waals surface area (Å²) in [5.41, 5.74) is 3.31. The van der Waals surface area contributed by atoms with Crippen LogP contribution in [-0.4, -0.2) is 41.9 Å². The average Bonchev–Trinajstić information content (AvgIpc) is 2.87. The standard InChI is InChI=1S/C27H25ClN4O/c28-24-11-13-25(14-12-24)30-20-23(19-29)27(33)32-17-15-31(16-18-32)26(21-7-3-1-4-8-21)22-9-5-2-6-10-22/h1-14,20,26,30H,15-18H2/b23-20-.